The highest BCUT2D eigenvalue weighted by Gasteiger charge is 2.52. The summed E-state index contributed by atoms with van der Waals surface area (Å²) in [5.41, 5.74) is 7.26. The lowest BCUT2D eigenvalue weighted by molar-refractivity contribution is 0.00578. The van der Waals surface area contributed by atoms with Gasteiger partial charge >= 0.3 is 7.12 Å². The molecule has 0 saturated carbocycles. The number of methoxy groups -OCH3 is 1. The number of ketones is 1. The summed E-state index contributed by atoms with van der Waals surface area (Å²) in [7, 11) is 1.07. The van der Waals surface area contributed by atoms with Gasteiger partial charge in [-0.15, -0.1) is 0 Å². The lowest BCUT2D eigenvalue weighted by Crippen LogP contribution is -2.41. The van der Waals surface area contributed by atoms with E-state index in [9.17, 15) is 4.79 Å². The second-order valence-corrected chi connectivity index (χ2v) is 7.02. The zero-order valence-corrected chi connectivity index (χ0v) is 15.3. The molecule has 1 aromatic carbocycles. The maximum absolute atomic E-state index is 11.6. The summed E-state index contributed by atoms with van der Waals surface area (Å²) < 4.78 is 17.5. The fraction of sp³-hybridized carbons (Fsp3) is 0.500. The van der Waals surface area contributed by atoms with E-state index < -0.39 is 18.3 Å². The molecule has 1 aliphatic rings. The molecule has 2 N–H and O–H groups in total. The van der Waals surface area contributed by atoms with Gasteiger partial charge in [0.15, 0.2) is 5.78 Å². The Kier molecular flexibility index (Phi) is 5.23. The van der Waals surface area contributed by atoms with Crippen molar-refractivity contribution >= 4 is 19.0 Å². The molecule has 130 valence electrons. The van der Waals surface area contributed by atoms with Crippen LogP contribution in [0.2, 0.25) is 0 Å². The van der Waals surface area contributed by atoms with E-state index in [1.54, 1.807) is 25.3 Å². The summed E-state index contributed by atoms with van der Waals surface area (Å²) in [6.07, 6.45) is 1.88. The molecule has 1 fully saturated rings. The average molecular weight is 331 g/mol. The van der Waals surface area contributed by atoms with Crippen LogP contribution in [-0.4, -0.2) is 37.8 Å². The first-order valence-corrected chi connectivity index (χ1v) is 8.06. The van der Waals surface area contributed by atoms with Crippen LogP contribution in [0.25, 0.3) is 6.08 Å². The quantitative estimate of drug-likeness (QED) is 0.664. The third-order valence-electron chi connectivity index (χ3n) is 4.77. The van der Waals surface area contributed by atoms with Gasteiger partial charge in [-0.1, -0.05) is 6.08 Å². The zero-order chi connectivity index (χ0) is 18.1. The van der Waals surface area contributed by atoms with Gasteiger partial charge in [0.1, 0.15) is 5.75 Å². The fourth-order valence-electron chi connectivity index (χ4n) is 2.48. The minimum atomic E-state index is -0.523. The Bertz CT molecular complexity index is 651. The average Bonchev–Trinajstić information content (AvgIpc) is 2.72. The van der Waals surface area contributed by atoms with E-state index in [1.807, 2.05) is 33.8 Å². The van der Waals surface area contributed by atoms with Crippen molar-refractivity contribution in [1.29, 1.82) is 0 Å². The molecule has 1 aromatic rings. The molecule has 0 aromatic heterocycles. The number of hydrogen-bond donors (Lipinski definition) is 1. The Morgan fingerprint density at radius 2 is 1.83 bits per heavy atom. The van der Waals surface area contributed by atoms with E-state index in [4.69, 9.17) is 19.8 Å². The SMILES string of the molecule is COc1ccc(C(C)=O)cc1C=C(CN)B1OC(C)(C)C(C)(C)O1. The van der Waals surface area contributed by atoms with Gasteiger partial charge in [-0.25, -0.2) is 0 Å². The molecule has 0 bridgehead atoms. The third kappa shape index (κ3) is 3.56. The zero-order valence-electron chi connectivity index (χ0n) is 15.3. The van der Waals surface area contributed by atoms with E-state index in [1.165, 1.54) is 6.92 Å². The molecular formula is C18H26BNO4. The van der Waals surface area contributed by atoms with Gasteiger partial charge in [-0.2, -0.15) is 0 Å². The van der Waals surface area contributed by atoms with Crippen LogP contribution in [0.3, 0.4) is 0 Å². The first kappa shape index (κ1) is 18.7. The van der Waals surface area contributed by atoms with E-state index in [-0.39, 0.29) is 12.3 Å². The number of benzene rings is 1. The summed E-state index contributed by atoms with van der Waals surface area (Å²) in [6.45, 7) is 9.81. The van der Waals surface area contributed by atoms with Crippen molar-refractivity contribution in [3.05, 3.63) is 34.8 Å². The topological polar surface area (TPSA) is 70.8 Å². The predicted octanol–water partition coefficient (Wildman–Crippen LogP) is 2.87. The first-order chi connectivity index (χ1) is 11.1. The van der Waals surface area contributed by atoms with Gasteiger partial charge in [0.2, 0.25) is 0 Å². The second-order valence-electron chi connectivity index (χ2n) is 7.02. The highest BCUT2D eigenvalue weighted by atomic mass is 16.7. The maximum atomic E-state index is 11.6. The number of carbonyl (C=O) groups is 1. The van der Waals surface area contributed by atoms with Gasteiger partial charge in [0.05, 0.1) is 18.3 Å². The summed E-state index contributed by atoms with van der Waals surface area (Å²) in [6, 6.07) is 5.32. The molecule has 6 heteroatoms. The summed E-state index contributed by atoms with van der Waals surface area (Å²) in [5, 5.41) is 0. The van der Waals surface area contributed by atoms with Crippen LogP contribution in [0, 0.1) is 0 Å². The first-order valence-electron chi connectivity index (χ1n) is 8.06. The Labute approximate surface area is 144 Å². The molecule has 5 nitrogen and oxygen atoms in total. The van der Waals surface area contributed by atoms with Crippen molar-refractivity contribution in [1.82, 2.24) is 0 Å². The standard InChI is InChI=1S/C18H26BNO4/c1-12(21)13-7-8-16(22-6)14(9-13)10-15(11-20)19-23-17(2,3)18(4,5)24-19/h7-10H,11,20H2,1-6H3. The van der Waals surface area contributed by atoms with Gasteiger partial charge in [-0.05, 0) is 58.3 Å². The number of nitrogens with two attached hydrogens (primary N) is 1. The molecule has 0 spiro atoms. The molecule has 0 atom stereocenters. The lowest BCUT2D eigenvalue weighted by atomic mass is 9.77. The number of rotatable bonds is 5. The molecular weight excluding hydrogens is 305 g/mol. The highest BCUT2D eigenvalue weighted by Crippen LogP contribution is 2.39. The van der Waals surface area contributed by atoms with E-state index >= 15 is 0 Å². The lowest BCUT2D eigenvalue weighted by Gasteiger charge is -2.32. The largest absolute Gasteiger partial charge is 0.496 e. The van der Waals surface area contributed by atoms with Crippen LogP contribution >= 0.6 is 0 Å². The normalized spacial score (nSPS) is 19.5. The van der Waals surface area contributed by atoms with Crippen molar-refractivity contribution < 1.29 is 18.8 Å². The summed E-state index contributed by atoms with van der Waals surface area (Å²) in [4.78, 5) is 11.6. The summed E-state index contributed by atoms with van der Waals surface area (Å²) >= 11 is 0. The van der Waals surface area contributed by atoms with Gasteiger partial charge in [0, 0.05) is 17.7 Å². The molecule has 1 aliphatic heterocycles. The molecule has 24 heavy (non-hydrogen) atoms. The van der Waals surface area contributed by atoms with E-state index in [0.29, 0.717) is 11.3 Å². The third-order valence-corrected chi connectivity index (χ3v) is 4.77. The molecule has 1 saturated heterocycles. The van der Waals surface area contributed by atoms with Crippen LogP contribution in [0.15, 0.2) is 23.7 Å². The molecule has 1 heterocycles. The number of ether oxygens (including phenoxy) is 1. The number of hydrogen-bond acceptors (Lipinski definition) is 5. The smallest absolute Gasteiger partial charge is 0.491 e. The fourth-order valence-corrected chi connectivity index (χ4v) is 2.48. The Morgan fingerprint density at radius 1 is 1.25 bits per heavy atom. The number of carbonyl (C=O) groups excluding carboxylic acids is 1. The molecule has 2 rings (SSSR count). The van der Waals surface area contributed by atoms with Crippen molar-refractivity contribution in [2.24, 2.45) is 5.73 Å². The van der Waals surface area contributed by atoms with Crippen molar-refractivity contribution in [3.63, 3.8) is 0 Å². The Balaban J connectivity index is 2.41. The van der Waals surface area contributed by atoms with E-state index in [2.05, 4.69) is 0 Å². The molecule has 0 radical (unpaired) electrons. The van der Waals surface area contributed by atoms with Crippen LogP contribution in [0.1, 0.15) is 50.5 Å². The van der Waals surface area contributed by atoms with Crippen molar-refractivity contribution in [2.75, 3.05) is 13.7 Å². The molecule has 0 amide bonds. The summed E-state index contributed by atoms with van der Waals surface area (Å²) in [5.74, 6) is 0.666. The van der Waals surface area contributed by atoms with Gasteiger partial charge in [-0.3, -0.25) is 4.79 Å². The Hall–Kier alpha value is -1.63. The number of Topliss-reactive ketones (excluding diaryl/α,β-unsaturated/α-hetero) is 1. The molecule has 0 unspecified atom stereocenters. The van der Waals surface area contributed by atoms with Gasteiger partial charge < -0.3 is 19.8 Å². The predicted molar refractivity (Wildman–Crippen MR) is 96.1 cm³/mol. The van der Waals surface area contributed by atoms with Crippen molar-refractivity contribution in [3.8, 4) is 5.75 Å². The minimum absolute atomic E-state index is 0.00256. The molecule has 0 aliphatic carbocycles. The van der Waals surface area contributed by atoms with Crippen LogP contribution in [0.5, 0.6) is 5.75 Å². The van der Waals surface area contributed by atoms with Crippen molar-refractivity contribution in [2.45, 2.75) is 45.8 Å². The van der Waals surface area contributed by atoms with Gasteiger partial charge in [0.25, 0.3) is 0 Å². The maximum Gasteiger partial charge on any atom is 0.491 e. The second kappa shape index (κ2) is 6.71. The van der Waals surface area contributed by atoms with Crippen LogP contribution in [-0.2, 0) is 9.31 Å². The van der Waals surface area contributed by atoms with E-state index in [0.717, 1.165) is 11.0 Å². The highest BCUT2D eigenvalue weighted by molar-refractivity contribution is 6.56. The minimum Gasteiger partial charge on any atom is -0.496 e. The monoisotopic (exact) mass is 331 g/mol. The van der Waals surface area contributed by atoms with Crippen LogP contribution in [0.4, 0.5) is 0 Å². The Morgan fingerprint density at radius 3 is 2.29 bits per heavy atom. The van der Waals surface area contributed by atoms with Crippen LogP contribution < -0.4 is 10.5 Å².